The summed E-state index contributed by atoms with van der Waals surface area (Å²) in [6, 6.07) is 10.5. The third kappa shape index (κ3) is 3.61. The van der Waals surface area contributed by atoms with Gasteiger partial charge in [0.2, 0.25) is 0 Å². The highest BCUT2D eigenvalue weighted by molar-refractivity contribution is 7.92. The normalized spacial score (nSPS) is 15.7. The molecule has 1 N–H and O–H groups in total. The summed E-state index contributed by atoms with van der Waals surface area (Å²) < 4.78 is 33.8. The lowest BCUT2D eigenvalue weighted by Crippen LogP contribution is -2.31. The zero-order valence-corrected chi connectivity index (χ0v) is 19.4. The van der Waals surface area contributed by atoms with Crippen LogP contribution < -0.4 is 9.04 Å². The van der Waals surface area contributed by atoms with Gasteiger partial charge in [-0.2, -0.15) is 0 Å². The Balaban J connectivity index is 1.83. The van der Waals surface area contributed by atoms with E-state index in [4.69, 9.17) is 4.74 Å². The van der Waals surface area contributed by atoms with Gasteiger partial charge in [-0.05, 0) is 67.6 Å². The van der Waals surface area contributed by atoms with Crippen molar-refractivity contribution in [3.63, 3.8) is 0 Å². The van der Waals surface area contributed by atoms with Crippen LogP contribution in [0.5, 0.6) is 5.75 Å². The molecular weight excluding hydrogens is 412 g/mol. The number of nitrogens with one attached hydrogen (secondary N) is 1. The Morgan fingerprint density at radius 2 is 1.81 bits per heavy atom. The minimum atomic E-state index is -3.80. The van der Waals surface area contributed by atoms with E-state index in [0.717, 1.165) is 17.5 Å². The van der Waals surface area contributed by atoms with Crippen LogP contribution in [-0.4, -0.2) is 32.8 Å². The monoisotopic (exact) mass is 440 g/mol. The zero-order chi connectivity index (χ0) is 22.6. The molecular formula is C24H28N2O4S. The minimum absolute atomic E-state index is 0.109. The molecule has 1 aliphatic rings. The standard InChI is InChI=1S/C24H28N2O4S/c1-6-26(16-7-9-17(30-5)10-8-16)31(28,29)22-12-19-18(11-15(22)2)23-20(25-19)13-24(3,4)14-21(23)27/h7-12,25H,6,13-14H2,1-5H3. The molecule has 0 saturated heterocycles. The number of hydrogen-bond donors (Lipinski definition) is 1. The van der Waals surface area contributed by atoms with E-state index in [9.17, 15) is 13.2 Å². The quantitative estimate of drug-likeness (QED) is 0.615. The van der Waals surface area contributed by atoms with Crippen LogP contribution in [0.4, 0.5) is 5.69 Å². The molecule has 0 bridgehead atoms. The summed E-state index contributed by atoms with van der Waals surface area (Å²) in [5, 5.41) is 0.805. The third-order valence-corrected chi connectivity index (χ3v) is 8.01. The summed E-state index contributed by atoms with van der Waals surface area (Å²) in [5.41, 5.74) is 3.38. The number of sulfonamides is 1. The van der Waals surface area contributed by atoms with E-state index in [-0.39, 0.29) is 16.1 Å². The van der Waals surface area contributed by atoms with Gasteiger partial charge in [-0.25, -0.2) is 8.42 Å². The van der Waals surface area contributed by atoms with Crippen molar-refractivity contribution in [2.45, 2.75) is 45.4 Å². The van der Waals surface area contributed by atoms with E-state index < -0.39 is 10.0 Å². The molecule has 0 amide bonds. The molecule has 164 valence electrons. The van der Waals surface area contributed by atoms with E-state index in [0.29, 0.717) is 41.0 Å². The van der Waals surface area contributed by atoms with Gasteiger partial charge in [-0.3, -0.25) is 9.10 Å². The number of ether oxygens (including phenoxy) is 1. The summed E-state index contributed by atoms with van der Waals surface area (Å²) in [7, 11) is -2.22. The number of fused-ring (bicyclic) bond motifs is 3. The molecule has 6 nitrogen and oxygen atoms in total. The maximum Gasteiger partial charge on any atom is 0.264 e. The van der Waals surface area contributed by atoms with Crippen LogP contribution in [-0.2, 0) is 16.4 Å². The van der Waals surface area contributed by atoms with Gasteiger partial charge in [0.1, 0.15) is 5.75 Å². The van der Waals surface area contributed by atoms with E-state index in [2.05, 4.69) is 18.8 Å². The van der Waals surface area contributed by atoms with Crippen LogP contribution in [0.2, 0.25) is 0 Å². The summed E-state index contributed by atoms with van der Waals surface area (Å²) in [4.78, 5) is 16.4. The molecule has 1 aromatic heterocycles. The average Bonchev–Trinajstić information content (AvgIpc) is 3.04. The topological polar surface area (TPSA) is 79.5 Å². The predicted molar refractivity (Wildman–Crippen MR) is 123 cm³/mol. The number of H-pyrrole nitrogens is 1. The number of anilines is 1. The van der Waals surface area contributed by atoms with Crippen molar-refractivity contribution in [1.82, 2.24) is 4.98 Å². The number of aromatic amines is 1. The van der Waals surface area contributed by atoms with Crippen LogP contribution >= 0.6 is 0 Å². The number of aryl methyl sites for hydroxylation is 1. The number of aromatic nitrogens is 1. The molecule has 0 radical (unpaired) electrons. The van der Waals surface area contributed by atoms with Crippen molar-refractivity contribution >= 4 is 32.4 Å². The van der Waals surface area contributed by atoms with Gasteiger partial charge >= 0.3 is 0 Å². The Labute approximate surface area is 183 Å². The Kier molecular flexibility index (Phi) is 5.12. The Morgan fingerprint density at radius 1 is 1.13 bits per heavy atom. The van der Waals surface area contributed by atoms with Crippen LogP contribution in [0.3, 0.4) is 0 Å². The lowest BCUT2D eigenvalue weighted by molar-refractivity contribution is 0.0913. The van der Waals surface area contributed by atoms with Gasteiger partial charge in [0.25, 0.3) is 10.0 Å². The highest BCUT2D eigenvalue weighted by Gasteiger charge is 2.34. The Hall–Kier alpha value is -2.80. The molecule has 0 aliphatic heterocycles. The fourth-order valence-electron chi connectivity index (χ4n) is 4.54. The fraction of sp³-hybridized carbons (Fsp3) is 0.375. The first-order chi connectivity index (χ1) is 14.6. The van der Waals surface area contributed by atoms with Gasteiger partial charge in [0.15, 0.2) is 5.78 Å². The summed E-state index contributed by atoms with van der Waals surface area (Å²) in [6.45, 7) is 8.04. The number of carbonyl (C=O) groups excluding carboxylic acids is 1. The average molecular weight is 441 g/mol. The van der Waals surface area contributed by atoms with Crippen LogP contribution in [0.25, 0.3) is 10.9 Å². The molecule has 7 heteroatoms. The number of carbonyl (C=O) groups is 1. The molecule has 0 spiro atoms. The van der Waals surface area contributed by atoms with Gasteiger partial charge < -0.3 is 9.72 Å². The number of Topliss-reactive ketones (excluding diaryl/α,β-unsaturated/α-hetero) is 1. The fourth-order valence-corrected chi connectivity index (χ4v) is 6.25. The molecule has 2 aromatic carbocycles. The second-order valence-corrected chi connectivity index (χ2v) is 10.8. The van der Waals surface area contributed by atoms with Crippen molar-refractivity contribution in [3.05, 3.63) is 53.2 Å². The molecule has 0 atom stereocenters. The van der Waals surface area contributed by atoms with E-state index in [1.54, 1.807) is 44.4 Å². The summed E-state index contributed by atoms with van der Waals surface area (Å²) in [6.07, 6.45) is 1.25. The van der Waals surface area contributed by atoms with Crippen molar-refractivity contribution in [1.29, 1.82) is 0 Å². The molecule has 3 aromatic rings. The molecule has 31 heavy (non-hydrogen) atoms. The summed E-state index contributed by atoms with van der Waals surface area (Å²) >= 11 is 0. The van der Waals surface area contributed by atoms with Gasteiger partial charge in [0.05, 0.1) is 17.7 Å². The van der Waals surface area contributed by atoms with E-state index in [1.165, 1.54) is 4.31 Å². The van der Waals surface area contributed by atoms with Gasteiger partial charge in [0, 0.05) is 35.1 Å². The molecule has 0 unspecified atom stereocenters. The second kappa shape index (κ2) is 7.41. The van der Waals surface area contributed by atoms with Gasteiger partial charge in [-0.1, -0.05) is 13.8 Å². The molecule has 0 saturated carbocycles. The maximum absolute atomic E-state index is 13.6. The van der Waals surface area contributed by atoms with Crippen molar-refractivity contribution in [3.8, 4) is 5.75 Å². The smallest absolute Gasteiger partial charge is 0.264 e. The minimum Gasteiger partial charge on any atom is -0.497 e. The third-order valence-electron chi connectivity index (χ3n) is 5.96. The number of ketones is 1. The van der Waals surface area contributed by atoms with Crippen molar-refractivity contribution in [2.75, 3.05) is 18.0 Å². The Bertz CT molecular complexity index is 1270. The first-order valence-corrected chi connectivity index (χ1v) is 11.9. The zero-order valence-electron chi connectivity index (χ0n) is 18.6. The van der Waals surface area contributed by atoms with Crippen LogP contribution in [0.1, 0.15) is 48.8 Å². The lowest BCUT2D eigenvalue weighted by atomic mass is 9.76. The lowest BCUT2D eigenvalue weighted by Gasteiger charge is -2.28. The molecule has 1 aliphatic carbocycles. The van der Waals surface area contributed by atoms with Gasteiger partial charge in [-0.15, -0.1) is 0 Å². The van der Waals surface area contributed by atoms with Crippen molar-refractivity contribution < 1.29 is 17.9 Å². The first kappa shape index (κ1) is 21.4. The number of methoxy groups -OCH3 is 1. The number of benzene rings is 2. The number of nitrogens with zero attached hydrogens (tertiary/aromatic N) is 1. The van der Waals surface area contributed by atoms with E-state index >= 15 is 0 Å². The molecule has 4 rings (SSSR count). The SMILES string of the molecule is CCN(c1ccc(OC)cc1)S(=O)(=O)c1cc2[nH]c3c(c2cc1C)C(=O)CC(C)(C)C3. The summed E-state index contributed by atoms with van der Waals surface area (Å²) in [5.74, 6) is 0.778. The predicted octanol–water partition coefficient (Wildman–Crippen LogP) is 4.86. The van der Waals surface area contributed by atoms with E-state index in [1.807, 2.05) is 13.0 Å². The number of rotatable bonds is 5. The highest BCUT2D eigenvalue weighted by atomic mass is 32.2. The maximum atomic E-state index is 13.6. The van der Waals surface area contributed by atoms with Crippen LogP contribution in [0, 0.1) is 12.3 Å². The largest absolute Gasteiger partial charge is 0.497 e. The van der Waals surface area contributed by atoms with Crippen molar-refractivity contribution in [2.24, 2.45) is 5.41 Å². The molecule has 0 fully saturated rings. The van der Waals surface area contributed by atoms with Crippen LogP contribution in [0.15, 0.2) is 41.3 Å². The number of hydrogen-bond acceptors (Lipinski definition) is 4. The second-order valence-electron chi connectivity index (χ2n) is 8.95. The Morgan fingerprint density at radius 3 is 2.42 bits per heavy atom. The first-order valence-electron chi connectivity index (χ1n) is 10.4. The highest BCUT2D eigenvalue weighted by Crippen LogP contribution is 2.39. The molecule has 1 heterocycles.